The summed E-state index contributed by atoms with van der Waals surface area (Å²) in [6, 6.07) is 14.2. The van der Waals surface area contributed by atoms with E-state index in [4.69, 9.17) is 9.47 Å². The van der Waals surface area contributed by atoms with Gasteiger partial charge in [-0.1, -0.05) is 40.7 Å². The summed E-state index contributed by atoms with van der Waals surface area (Å²) in [4.78, 5) is 9.52. The second-order valence-electron chi connectivity index (χ2n) is 12.2. The number of aryl methyl sites for hydroxylation is 1. The van der Waals surface area contributed by atoms with Gasteiger partial charge in [0.2, 0.25) is 0 Å². The number of nitrogens with zero attached hydrogens (tertiary/aromatic N) is 3. The first-order valence-electron chi connectivity index (χ1n) is 15.5. The SMILES string of the molecule is C=CNCCC(C)(C)C.CCCc1cc2c(Oc3ccc(NC)cc3)ccnc2cc1OCCCN1CCN(C)CC1. The highest BCUT2D eigenvalue weighted by Gasteiger charge is 2.14. The molecule has 2 heterocycles. The maximum Gasteiger partial charge on any atom is 0.138 e. The van der Waals surface area contributed by atoms with E-state index in [1.807, 2.05) is 37.4 Å². The lowest BCUT2D eigenvalue weighted by atomic mass is 9.92. The lowest BCUT2D eigenvalue weighted by Crippen LogP contribution is -2.44. The average molecular weight is 576 g/mol. The fourth-order valence-electron chi connectivity index (χ4n) is 4.79. The fourth-order valence-corrected chi connectivity index (χ4v) is 4.79. The smallest absolute Gasteiger partial charge is 0.138 e. The molecule has 0 saturated carbocycles. The standard InChI is InChI=1S/C27H36N4O2.C8H17N/c1-4-6-21-19-24-25(20-27(21)32-18-5-13-31-16-14-30(3)15-17-31)29-12-11-26(24)33-23-9-7-22(28-2)8-10-23;1-5-9-7-6-8(2,3)4/h7-12,19-20,28H,4-6,13-18H2,1-3H3;5,9H,1,6-7H2,2-4H3. The van der Waals surface area contributed by atoms with Gasteiger partial charge in [0.1, 0.15) is 17.2 Å². The van der Waals surface area contributed by atoms with Crippen LogP contribution in [0.4, 0.5) is 5.69 Å². The van der Waals surface area contributed by atoms with Crippen LogP contribution in [0.2, 0.25) is 0 Å². The number of anilines is 1. The molecular formula is C35H53N5O2. The zero-order valence-electron chi connectivity index (χ0n) is 26.8. The zero-order chi connectivity index (χ0) is 30.4. The molecule has 0 spiro atoms. The van der Waals surface area contributed by atoms with Crippen molar-refractivity contribution in [1.82, 2.24) is 20.1 Å². The molecule has 230 valence electrons. The third-order valence-corrected chi connectivity index (χ3v) is 7.41. The normalized spacial score (nSPS) is 14.1. The van der Waals surface area contributed by atoms with Crippen LogP contribution in [0.3, 0.4) is 0 Å². The van der Waals surface area contributed by atoms with E-state index in [9.17, 15) is 0 Å². The van der Waals surface area contributed by atoms with Crippen LogP contribution in [-0.2, 0) is 6.42 Å². The van der Waals surface area contributed by atoms with Crippen LogP contribution in [0.5, 0.6) is 17.2 Å². The minimum atomic E-state index is 0.440. The molecular weight excluding hydrogens is 522 g/mol. The van der Waals surface area contributed by atoms with Gasteiger partial charge in [0, 0.05) is 69.7 Å². The molecule has 0 radical (unpaired) electrons. The first kappa shape index (κ1) is 33.2. The number of likely N-dealkylation sites (N-methyl/N-ethyl adjacent to an activating group) is 1. The molecule has 1 aliphatic heterocycles. The van der Waals surface area contributed by atoms with Gasteiger partial charge in [0.25, 0.3) is 0 Å². The highest BCUT2D eigenvalue weighted by molar-refractivity contribution is 5.87. The van der Waals surface area contributed by atoms with Crippen LogP contribution in [0.15, 0.2) is 61.4 Å². The topological polar surface area (TPSA) is 61.9 Å². The predicted octanol–water partition coefficient (Wildman–Crippen LogP) is 7.19. The Morgan fingerprint density at radius 1 is 1.02 bits per heavy atom. The molecule has 4 rings (SSSR count). The number of hydrogen-bond donors (Lipinski definition) is 2. The number of benzene rings is 2. The van der Waals surface area contributed by atoms with Gasteiger partial charge in [-0.3, -0.25) is 4.98 Å². The Morgan fingerprint density at radius 3 is 2.40 bits per heavy atom. The Labute approximate surface area is 254 Å². The molecule has 1 fully saturated rings. The molecule has 0 amide bonds. The van der Waals surface area contributed by atoms with Crippen LogP contribution in [0, 0.1) is 5.41 Å². The number of ether oxygens (including phenoxy) is 2. The maximum absolute atomic E-state index is 6.27. The van der Waals surface area contributed by atoms with Gasteiger partial charge in [-0.2, -0.15) is 0 Å². The molecule has 7 nitrogen and oxygen atoms in total. The monoisotopic (exact) mass is 575 g/mol. The molecule has 3 aromatic rings. The van der Waals surface area contributed by atoms with Crippen molar-refractivity contribution in [2.45, 2.75) is 53.4 Å². The molecule has 1 saturated heterocycles. The van der Waals surface area contributed by atoms with Crippen molar-refractivity contribution in [3.05, 3.63) is 67.0 Å². The summed E-state index contributed by atoms with van der Waals surface area (Å²) in [7, 11) is 4.10. The summed E-state index contributed by atoms with van der Waals surface area (Å²) in [5.74, 6) is 2.57. The largest absolute Gasteiger partial charge is 0.493 e. The first-order chi connectivity index (χ1) is 20.2. The summed E-state index contributed by atoms with van der Waals surface area (Å²) in [5, 5.41) is 7.22. The van der Waals surface area contributed by atoms with Gasteiger partial charge in [-0.25, -0.2) is 0 Å². The third-order valence-electron chi connectivity index (χ3n) is 7.41. The molecule has 0 atom stereocenters. The number of pyridine rings is 1. The van der Waals surface area contributed by atoms with Crippen molar-refractivity contribution in [3.63, 3.8) is 0 Å². The van der Waals surface area contributed by atoms with Gasteiger partial charge in [0.15, 0.2) is 0 Å². The van der Waals surface area contributed by atoms with Crippen LogP contribution < -0.4 is 20.1 Å². The van der Waals surface area contributed by atoms with Crippen LogP contribution in [-0.4, -0.2) is 74.8 Å². The quantitative estimate of drug-likeness (QED) is 0.209. The maximum atomic E-state index is 6.27. The van der Waals surface area contributed by atoms with E-state index in [0.29, 0.717) is 5.41 Å². The highest BCUT2D eigenvalue weighted by atomic mass is 16.5. The number of aromatic nitrogens is 1. The Bertz CT molecular complexity index is 1210. The Hall–Kier alpha value is -3.29. The van der Waals surface area contributed by atoms with Crippen molar-refractivity contribution in [2.24, 2.45) is 5.41 Å². The molecule has 0 bridgehead atoms. The van der Waals surface area contributed by atoms with Crippen molar-refractivity contribution in [2.75, 3.05) is 65.3 Å². The summed E-state index contributed by atoms with van der Waals surface area (Å²) < 4.78 is 12.5. The molecule has 7 heteroatoms. The van der Waals surface area contributed by atoms with Gasteiger partial charge in [-0.15, -0.1) is 0 Å². The van der Waals surface area contributed by atoms with Gasteiger partial charge >= 0.3 is 0 Å². The number of nitrogens with one attached hydrogen (secondary N) is 2. The zero-order valence-corrected chi connectivity index (χ0v) is 26.8. The summed E-state index contributed by atoms with van der Waals surface area (Å²) in [6.07, 6.45) is 7.80. The predicted molar refractivity (Wildman–Crippen MR) is 178 cm³/mol. The number of hydrogen-bond acceptors (Lipinski definition) is 7. The van der Waals surface area contributed by atoms with E-state index in [0.717, 1.165) is 99.0 Å². The third kappa shape index (κ3) is 11.2. The van der Waals surface area contributed by atoms with E-state index in [1.54, 1.807) is 12.4 Å². The second-order valence-corrected chi connectivity index (χ2v) is 12.2. The summed E-state index contributed by atoms with van der Waals surface area (Å²) >= 11 is 0. The van der Waals surface area contributed by atoms with Crippen LogP contribution >= 0.6 is 0 Å². The van der Waals surface area contributed by atoms with Crippen molar-refractivity contribution in [1.29, 1.82) is 0 Å². The molecule has 42 heavy (non-hydrogen) atoms. The first-order valence-corrected chi connectivity index (χ1v) is 15.5. The lowest BCUT2D eigenvalue weighted by molar-refractivity contribution is 0.145. The van der Waals surface area contributed by atoms with Gasteiger partial charge < -0.3 is 29.9 Å². The van der Waals surface area contributed by atoms with Crippen LogP contribution in [0.1, 0.15) is 52.5 Å². The van der Waals surface area contributed by atoms with E-state index < -0.39 is 0 Å². The Balaban J connectivity index is 0.000000467. The average Bonchev–Trinajstić information content (AvgIpc) is 2.97. The molecule has 1 aliphatic rings. The minimum absolute atomic E-state index is 0.440. The van der Waals surface area contributed by atoms with E-state index in [-0.39, 0.29) is 0 Å². The van der Waals surface area contributed by atoms with Crippen molar-refractivity contribution >= 4 is 16.6 Å². The molecule has 1 aromatic heterocycles. The van der Waals surface area contributed by atoms with E-state index in [1.165, 1.54) is 12.0 Å². The molecule has 2 aromatic carbocycles. The Morgan fingerprint density at radius 2 is 1.76 bits per heavy atom. The van der Waals surface area contributed by atoms with Gasteiger partial charge in [0.05, 0.1) is 12.1 Å². The molecule has 0 unspecified atom stereocenters. The molecule has 2 N–H and O–H groups in total. The summed E-state index contributed by atoms with van der Waals surface area (Å²) in [6.45, 7) is 19.9. The van der Waals surface area contributed by atoms with Crippen molar-refractivity contribution < 1.29 is 9.47 Å². The number of rotatable bonds is 13. The number of fused-ring (bicyclic) bond motifs is 1. The van der Waals surface area contributed by atoms with E-state index >= 15 is 0 Å². The fraction of sp³-hybridized carbons (Fsp3) is 0.514. The summed E-state index contributed by atoms with van der Waals surface area (Å²) in [5.41, 5.74) is 3.61. The van der Waals surface area contributed by atoms with E-state index in [2.05, 4.69) is 78.9 Å². The minimum Gasteiger partial charge on any atom is -0.493 e. The highest BCUT2D eigenvalue weighted by Crippen LogP contribution is 2.34. The molecule has 0 aliphatic carbocycles. The van der Waals surface area contributed by atoms with Gasteiger partial charge in [-0.05, 0) is 79.9 Å². The lowest BCUT2D eigenvalue weighted by Gasteiger charge is -2.32. The van der Waals surface area contributed by atoms with Crippen LogP contribution in [0.25, 0.3) is 10.9 Å². The van der Waals surface area contributed by atoms with Crippen molar-refractivity contribution in [3.8, 4) is 17.2 Å². The number of piperazine rings is 1. The Kier molecular flexibility index (Phi) is 13.4. The second kappa shape index (κ2) is 17.0.